The second-order valence-corrected chi connectivity index (χ2v) is 6.97. The molecule has 0 saturated carbocycles. The van der Waals surface area contributed by atoms with Crippen molar-refractivity contribution in [3.63, 3.8) is 0 Å². The Kier molecular flexibility index (Phi) is 6.40. The maximum Gasteiger partial charge on any atom is 0.306 e. The van der Waals surface area contributed by atoms with Crippen LogP contribution >= 0.6 is 23.2 Å². The van der Waals surface area contributed by atoms with Crippen molar-refractivity contribution in [2.75, 3.05) is 6.54 Å². The van der Waals surface area contributed by atoms with E-state index in [9.17, 15) is 17.6 Å². The van der Waals surface area contributed by atoms with Crippen LogP contribution in [0.5, 0.6) is 0 Å². The highest BCUT2D eigenvalue weighted by molar-refractivity contribution is 7.89. The normalized spacial score (nSPS) is 13.1. The molecule has 0 aromatic heterocycles. The number of hydrogen-bond donors (Lipinski definition) is 2. The molecule has 1 atom stereocenters. The van der Waals surface area contributed by atoms with Gasteiger partial charge in [0, 0.05) is 6.54 Å². The number of halogens is 3. The summed E-state index contributed by atoms with van der Waals surface area (Å²) < 4.78 is 39.7. The van der Waals surface area contributed by atoms with E-state index in [1.165, 1.54) is 6.92 Å². The average Bonchev–Trinajstić information content (AvgIpc) is 2.40. The molecule has 0 aliphatic heterocycles. The van der Waals surface area contributed by atoms with E-state index in [0.717, 1.165) is 12.1 Å². The van der Waals surface area contributed by atoms with Gasteiger partial charge in [-0.05, 0) is 25.0 Å². The summed E-state index contributed by atoms with van der Waals surface area (Å²) >= 11 is 11.1. The van der Waals surface area contributed by atoms with Crippen LogP contribution < -0.4 is 4.72 Å². The molecule has 21 heavy (non-hydrogen) atoms. The van der Waals surface area contributed by atoms with Crippen molar-refractivity contribution in [1.82, 2.24) is 4.72 Å². The van der Waals surface area contributed by atoms with Crippen molar-refractivity contribution in [3.05, 3.63) is 28.0 Å². The van der Waals surface area contributed by atoms with E-state index in [0.29, 0.717) is 12.8 Å². The number of nitrogens with one attached hydrogen (secondary N) is 1. The van der Waals surface area contributed by atoms with Gasteiger partial charge in [-0.15, -0.1) is 0 Å². The van der Waals surface area contributed by atoms with Gasteiger partial charge in [0.05, 0.1) is 16.0 Å². The first-order valence-corrected chi connectivity index (χ1v) is 8.26. The molecule has 0 amide bonds. The number of carboxylic acid groups (broad SMARTS) is 1. The van der Waals surface area contributed by atoms with Gasteiger partial charge in [0.25, 0.3) is 0 Å². The zero-order valence-electron chi connectivity index (χ0n) is 11.1. The molecule has 0 aliphatic rings. The van der Waals surface area contributed by atoms with Crippen molar-refractivity contribution in [2.45, 2.75) is 24.7 Å². The molecule has 0 saturated heterocycles. The summed E-state index contributed by atoms with van der Waals surface area (Å²) in [5.41, 5.74) is 0. The third-order valence-corrected chi connectivity index (χ3v) is 5.09. The van der Waals surface area contributed by atoms with E-state index >= 15 is 0 Å². The van der Waals surface area contributed by atoms with Gasteiger partial charge in [-0.25, -0.2) is 17.5 Å². The first-order valence-electron chi connectivity index (χ1n) is 6.02. The van der Waals surface area contributed by atoms with E-state index in [-0.39, 0.29) is 11.6 Å². The molecule has 1 aromatic carbocycles. The molecule has 0 fully saturated rings. The maximum atomic E-state index is 13.5. The van der Waals surface area contributed by atoms with Gasteiger partial charge in [-0.2, -0.15) is 0 Å². The van der Waals surface area contributed by atoms with Crippen molar-refractivity contribution in [2.24, 2.45) is 5.92 Å². The Hall–Kier alpha value is -0.890. The minimum Gasteiger partial charge on any atom is -0.481 e. The summed E-state index contributed by atoms with van der Waals surface area (Å²) in [7, 11) is -3.98. The number of hydrogen-bond acceptors (Lipinski definition) is 3. The van der Waals surface area contributed by atoms with Crippen molar-refractivity contribution in [1.29, 1.82) is 0 Å². The predicted octanol–water partition coefficient (Wildman–Crippen LogP) is 2.91. The molecule has 0 bridgehead atoms. The van der Waals surface area contributed by atoms with Crippen molar-refractivity contribution < 1.29 is 22.7 Å². The topological polar surface area (TPSA) is 83.5 Å². The quantitative estimate of drug-likeness (QED) is 0.580. The molecular weight excluding hydrogens is 344 g/mol. The van der Waals surface area contributed by atoms with E-state index in [4.69, 9.17) is 28.3 Å². The van der Waals surface area contributed by atoms with Crippen LogP contribution in [0, 0.1) is 11.7 Å². The van der Waals surface area contributed by atoms with E-state index in [2.05, 4.69) is 4.72 Å². The summed E-state index contributed by atoms with van der Waals surface area (Å²) in [6, 6.07) is 2.21. The van der Waals surface area contributed by atoms with Crippen LogP contribution in [-0.4, -0.2) is 26.0 Å². The fraction of sp³-hybridized carbons (Fsp3) is 0.417. The van der Waals surface area contributed by atoms with Gasteiger partial charge in [-0.1, -0.05) is 30.1 Å². The summed E-state index contributed by atoms with van der Waals surface area (Å²) in [6.07, 6.45) is 0.654. The SMILES string of the molecule is CC(CCCNS(=O)(=O)c1ccc(Cl)c(F)c1Cl)C(=O)O. The summed E-state index contributed by atoms with van der Waals surface area (Å²) in [5, 5.41) is 7.86. The van der Waals surface area contributed by atoms with Gasteiger partial charge >= 0.3 is 5.97 Å². The molecule has 1 unspecified atom stereocenters. The minimum absolute atomic E-state index is 0.0283. The lowest BCUT2D eigenvalue weighted by molar-refractivity contribution is -0.141. The molecular formula is C12H14Cl2FNO4S. The van der Waals surface area contributed by atoms with Crippen molar-refractivity contribution >= 4 is 39.2 Å². The summed E-state index contributed by atoms with van der Waals surface area (Å²) in [6.45, 7) is 1.56. The van der Waals surface area contributed by atoms with Crippen molar-refractivity contribution in [3.8, 4) is 0 Å². The Balaban J connectivity index is 2.71. The molecule has 2 N–H and O–H groups in total. The number of sulfonamides is 1. The Morgan fingerprint density at radius 3 is 2.62 bits per heavy atom. The minimum atomic E-state index is -3.98. The summed E-state index contributed by atoms with van der Waals surface area (Å²) in [4.78, 5) is 10.2. The Bertz CT molecular complexity index is 636. The number of carbonyl (C=O) groups is 1. The fourth-order valence-electron chi connectivity index (χ4n) is 1.53. The van der Waals surface area contributed by atoms with Gasteiger partial charge in [-0.3, -0.25) is 4.79 Å². The van der Waals surface area contributed by atoms with Crippen LogP contribution in [0.4, 0.5) is 4.39 Å². The van der Waals surface area contributed by atoms with E-state index in [1.54, 1.807) is 0 Å². The number of carboxylic acids is 1. The standard InChI is InChI=1S/C12H14Cl2FNO4S/c1-7(12(17)18)3-2-6-16-21(19,20)9-5-4-8(13)11(15)10(9)14/h4-5,7,16H,2-3,6H2,1H3,(H,17,18). The Labute approximate surface area is 132 Å². The highest BCUT2D eigenvalue weighted by atomic mass is 35.5. The highest BCUT2D eigenvalue weighted by Gasteiger charge is 2.21. The predicted molar refractivity (Wildman–Crippen MR) is 77.6 cm³/mol. The molecule has 0 heterocycles. The first-order chi connectivity index (χ1) is 9.66. The van der Waals surface area contributed by atoms with Gasteiger partial charge < -0.3 is 5.11 Å². The first kappa shape index (κ1) is 18.2. The number of rotatable bonds is 7. The second kappa shape index (κ2) is 7.40. The van der Waals surface area contributed by atoms with Gasteiger partial charge in [0.2, 0.25) is 10.0 Å². The monoisotopic (exact) mass is 357 g/mol. The highest BCUT2D eigenvalue weighted by Crippen LogP contribution is 2.29. The average molecular weight is 358 g/mol. The molecule has 9 heteroatoms. The zero-order valence-corrected chi connectivity index (χ0v) is 13.4. The van der Waals surface area contributed by atoms with E-state index in [1.807, 2.05) is 0 Å². The number of benzene rings is 1. The molecule has 1 aromatic rings. The Morgan fingerprint density at radius 1 is 1.43 bits per heavy atom. The smallest absolute Gasteiger partial charge is 0.306 e. The van der Waals surface area contributed by atoms with Crippen LogP contribution in [0.15, 0.2) is 17.0 Å². The van der Waals surface area contributed by atoms with Crippen LogP contribution in [0.1, 0.15) is 19.8 Å². The molecule has 1 rings (SSSR count). The molecule has 0 radical (unpaired) electrons. The number of aliphatic carboxylic acids is 1. The Morgan fingerprint density at radius 2 is 2.05 bits per heavy atom. The van der Waals surface area contributed by atoms with Gasteiger partial charge in [0.1, 0.15) is 4.90 Å². The molecule has 0 spiro atoms. The van der Waals surface area contributed by atoms with E-state index < -0.39 is 37.6 Å². The third kappa shape index (κ3) is 4.81. The van der Waals surface area contributed by atoms with Crippen LogP contribution in [0.25, 0.3) is 0 Å². The van der Waals surface area contributed by atoms with Gasteiger partial charge in [0.15, 0.2) is 5.82 Å². The van der Waals surface area contributed by atoms with Crippen LogP contribution in [0.3, 0.4) is 0 Å². The lowest BCUT2D eigenvalue weighted by Crippen LogP contribution is -2.26. The molecule has 5 nitrogen and oxygen atoms in total. The molecule has 118 valence electrons. The maximum absolute atomic E-state index is 13.5. The zero-order chi connectivity index (χ0) is 16.2. The lowest BCUT2D eigenvalue weighted by atomic mass is 10.1. The second-order valence-electron chi connectivity index (χ2n) is 4.45. The molecule has 0 aliphatic carbocycles. The third-order valence-electron chi connectivity index (χ3n) is 2.82. The summed E-state index contributed by atoms with van der Waals surface area (Å²) in [5.74, 6) is -2.51. The lowest BCUT2D eigenvalue weighted by Gasteiger charge is -2.10. The van der Waals surface area contributed by atoms with Crippen LogP contribution in [-0.2, 0) is 14.8 Å². The fourth-order valence-corrected chi connectivity index (χ4v) is 3.35. The van der Waals surface area contributed by atoms with Crippen LogP contribution in [0.2, 0.25) is 10.0 Å². The largest absolute Gasteiger partial charge is 0.481 e.